The van der Waals surface area contributed by atoms with Gasteiger partial charge in [-0.15, -0.1) is 0 Å². The van der Waals surface area contributed by atoms with Crippen molar-refractivity contribution in [1.29, 1.82) is 0 Å². The van der Waals surface area contributed by atoms with Crippen molar-refractivity contribution in [2.45, 2.75) is 127 Å². The summed E-state index contributed by atoms with van der Waals surface area (Å²) in [7, 11) is 0. The molecule has 0 spiro atoms. The Labute approximate surface area is 422 Å². The number of carbonyl (C=O) groups is 7. The maximum atomic E-state index is 13.7. The molecule has 3 aliphatic carbocycles. The first-order valence-corrected chi connectivity index (χ1v) is 24.9. The minimum atomic E-state index is -1.03. The number of anilines is 1. The van der Waals surface area contributed by atoms with E-state index in [2.05, 4.69) is 41.7 Å². The van der Waals surface area contributed by atoms with Crippen LogP contribution in [0.1, 0.15) is 108 Å². The third kappa shape index (κ3) is 12.6. The lowest BCUT2D eigenvalue weighted by Crippen LogP contribution is -2.58. The molecule has 9 rings (SSSR count). The van der Waals surface area contributed by atoms with Crippen LogP contribution < -0.4 is 32.3 Å². The average Bonchev–Trinajstić information content (AvgIpc) is 4.13. The van der Waals surface area contributed by atoms with Crippen molar-refractivity contribution in [2.24, 2.45) is 11.7 Å². The van der Waals surface area contributed by atoms with Crippen LogP contribution in [0.5, 0.6) is 0 Å². The van der Waals surface area contributed by atoms with Gasteiger partial charge in [-0.2, -0.15) is 5.10 Å². The molecule has 5 aromatic rings. The van der Waals surface area contributed by atoms with Gasteiger partial charge in [-0.25, -0.2) is 24.1 Å². The van der Waals surface area contributed by atoms with Gasteiger partial charge in [0.05, 0.1) is 11.4 Å². The predicted molar refractivity (Wildman–Crippen MR) is 269 cm³/mol. The molecule has 0 radical (unpaired) electrons. The highest BCUT2D eigenvalue weighted by Crippen LogP contribution is 2.53. The van der Waals surface area contributed by atoms with E-state index in [1.54, 1.807) is 42.6 Å². The summed E-state index contributed by atoms with van der Waals surface area (Å²) in [6, 6.07) is 14.0. The number of unbranched alkanes of at least 4 members (excludes halogenated alkanes) is 2. The van der Waals surface area contributed by atoms with Crippen molar-refractivity contribution >= 4 is 53.0 Å². The van der Waals surface area contributed by atoms with Crippen LogP contribution >= 0.6 is 0 Å². The number of imidazole rings is 1. The lowest BCUT2D eigenvalue weighted by atomic mass is 9.57. The normalized spacial score (nSPS) is 18.9. The first-order chi connectivity index (χ1) is 35.1. The van der Waals surface area contributed by atoms with Gasteiger partial charge in [0, 0.05) is 65.8 Å². The average molecular weight is 998 g/mol. The Kier molecular flexibility index (Phi) is 15.9. The third-order valence-electron chi connectivity index (χ3n) is 14.2. The molecule has 8 amide bonds. The van der Waals surface area contributed by atoms with Crippen molar-refractivity contribution < 1.29 is 38.3 Å². The Morgan fingerprint density at radius 2 is 1.59 bits per heavy atom. The van der Waals surface area contributed by atoms with Crippen molar-refractivity contribution in [2.75, 3.05) is 18.4 Å². The van der Waals surface area contributed by atoms with Crippen LogP contribution in [0.25, 0.3) is 28.3 Å². The van der Waals surface area contributed by atoms with Crippen LogP contribution in [0.3, 0.4) is 0 Å². The molecule has 3 fully saturated rings. The molecule has 384 valence electrons. The van der Waals surface area contributed by atoms with E-state index in [4.69, 9.17) is 20.4 Å². The maximum absolute atomic E-state index is 13.7. The lowest BCUT2D eigenvalue weighted by Gasteiger charge is -2.52. The van der Waals surface area contributed by atoms with Crippen LogP contribution in [0.4, 0.5) is 15.3 Å². The molecule has 0 saturated heterocycles. The number of alkyl carbamates (subject to hydrolysis) is 1. The summed E-state index contributed by atoms with van der Waals surface area (Å²) in [5.74, 6) is -1.52. The topological polar surface area (TPSA) is 290 Å². The van der Waals surface area contributed by atoms with E-state index in [1.807, 2.05) is 43.5 Å². The number of carbonyl (C=O) groups excluding carboxylic acids is 7. The summed E-state index contributed by atoms with van der Waals surface area (Å²) >= 11 is 0. The van der Waals surface area contributed by atoms with Crippen molar-refractivity contribution in [3.8, 4) is 22.6 Å². The summed E-state index contributed by atoms with van der Waals surface area (Å²) < 4.78 is 7.46. The monoisotopic (exact) mass is 997 g/mol. The van der Waals surface area contributed by atoms with Crippen molar-refractivity contribution in [3.05, 3.63) is 96.4 Å². The van der Waals surface area contributed by atoms with E-state index in [9.17, 15) is 33.6 Å². The number of amides is 8. The zero-order valence-electron chi connectivity index (χ0n) is 41.4. The van der Waals surface area contributed by atoms with Crippen molar-refractivity contribution in [1.82, 2.24) is 55.7 Å². The number of pyridine rings is 2. The SMILES string of the molecule is Cc1cccc(-c2nc(C34CCC(NC(=O)OCc5ccc(NC(=O)[C@H](CCCNC(N)=O)NC(=O)C(NC(=O)CCCCCN6C(=O)C=CC6=O)C(C)C)cc5)(CC3)CC4)[nH]c2-c2ccc3ncnn3c2)n1. The van der Waals surface area contributed by atoms with Gasteiger partial charge in [0.1, 0.15) is 36.5 Å². The van der Waals surface area contributed by atoms with E-state index < -0.39 is 41.6 Å². The van der Waals surface area contributed by atoms with E-state index >= 15 is 0 Å². The minimum absolute atomic E-state index is 0.00238. The molecule has 21 heteroatoms. The summed E-state index contributed by atoms with van der Waals surface area (Å²) in [4.78, 5) is 108. The Hall–Kier alpha value is -7.97. The number of urea groups is 1. The number of nitrogens with zero attached hydrogens (tertiary/aromatic N) is 6. The molecule has 1 aromatic carbocycles. The molecule has 5 heterocycles. The highest BCUT2D eigenvalue weighted by atomic mass is 16.5. The number of fused-ring (bicyclic) bond motifs is 4. The molecule has 3 saturated carbocycles. The number of aryl methyl sites for hydroxylation is 1. The molecular weight excluding hydrogens is 935 g/mol. The zero-order chi connectivity index (χ0) is 51.7. The van der Waals surface area contributed by atoms with Crippen LogP contribution in [-0.2, 0) is 40.7 Å². The van der Waals surface area contributed by atoms with Crippen molar-refractivity contribution in [3.63, 3.8) is 0 Å². The van der Waals surface area contributed by atoms with Gasteiger partial charge in [0.2, 0.25) is 17.7 Å². The van der Waals surface area contributed by atoms with Gasteiger partial charge in [-0.1, -0.05) is 38.5 Å². The maximum Gasteiger partial charge on any atom is 0.407 e. The summed E-state index contributed by atoms with van der Waals surface area (Å²) in [6.07, 6.45) is 12.4. The molecule has 8 N–H and O–H groups in total. The van der Waals surface area contributed by atoms with Crippen LogP contribution in [0.15, 0.2) is 79.3 Å². The van der Waals surface area contributed by atoms with E-state index in [0.717, 1.165) is 83.2 Å². The highest BCUT2D eigenvalue weighted by Gasteiger charge is 2.52. The molecular formula is C52H63N13O8. The summed E-state index contributed by atoms with van der Waals surface area (Å²) in [5, 5.41) is 18.4. The van der Waals surface area contributed by atoms with Gasteiger partial charge in [-0.3, -0.25) is 33.9 Å². The quantitative estimate of drug-likeness (QED) is 0.0345. The molecule has 1 aliphatic heterocycles. The number of hydrogen-bond acceptors (Lipinski definition) is 12. The first-order valence-electron chi connectivity index (χ1n) is 24.9. The molecule has 21 nitrogen and oxygen atoms in total. The zero-order valence-corrected chi connectivity index (χ0v) is 41.4. The summed E-state index contributed by atoms with van der Waals surface area (Å²) in [5.41, 5.74) is 10.8. The second-order valence-electron chi connectivity index (χ2n) is 19.7. The number of aromatic amines is 1. The predicted octanol–water partition coefficient (Wildman–Crippen LogP) is 5.26. The number of H-pyrrole nitrogens is 1. The van der Waals surface area contributed by atoms with Gasteiger partial charge in [0.25, 0.3) is 11.8 Å². The Bertz CT molecular complexity index is 2850. The molecule has 73 heavy (non-hydrogen) atoms. The number of primary amides is 1. The van der Waals surface area contributed by atoms with E-state index in [0.29, 0.717) is 36.9 Å². The number of hydrogen-bond donors (Lipinski definition) is 7. The third-order valence-corrected chi connectivity index (χ3v) is 14.2. The molecule has 1 unspecified atom stereocenters. The van der Waals surface area contributed by atoms with Crippen LogP contribution in [0, 0.1) is 12.8 Å². The van der Waals surface area contributed by atoms with Crippen LogP contribution in [-0.4, -0.2) is 107 Å². The van der Waals surface area contributed by atoms with Gasteiger partial charge in [-0.05, 0) is 119 Å². The molecule has 4 aromatic heterocycles. The number of nitrogens with one attached hydrogen (secondary N) is 6. The Morgan fingerprint density at radius 3 is 2.29 bits per heavy atom. The van der Waals surface area contributed by atoms with Gasteiger partial charge < -0.3 is 42.0 Å². The van der Waals surface area contributed by atoms with Crippen LogP contribution in [0.2, 0.25) is 0 Å². The smallest absolute Gasteiger partial charge is 0.407 e. The van der Waals surface area contributed by atoms with E-state index in [1.165, 1.54) is 18.5 Å². The molecule has 4 aliphatic rings. The number of aromatic nitrogens is 6. The lowest BCUT2D eigenvalue weighted by molar-refractivity contribution is -0.137. The molecule has 2 atom stereocenters. The Balaban J connectivity index is 0.820. The fraction of sp³-hybridized carbons (Fsp3) is 0.442. The highest BCUT2D eigenvalue weighted by molar-refractivity contribution is 6.12. The number of rotatable bonds is 22. The Morgan fingerprint density at radius 1 is 0.849 bits per heavy atom. The largest absolute Gasteiger partial charge is 0.445 e. The standard InChI is InChI=1S/C52H63N13O8/c1-32(2)43(60-40(66)12-5-4-6-28-64-41(67)19-20-42(64)68)47(70)59-38(11-8-27-54-49(53)71)46(69)58-36-16-13-34(14-17-36)30-73-50(72)63-52-24-21-51(22-25-52,23-26-52)48-61-44(35-15-18-39-55-31-56-65(39)29-35)45(62-48)37-10-7-9-33(3)57-37/h7,9-10,13-20,29,31-32,38,43H,4-6,8,11-12,21-28,30H2,1-3H3,(H,58,69)(H,59,70)(H,60,66)(H,61,62)(H,63,72)(H3,53,54,71)/t38-,43?,51?,52?/m0/s1. The number of benzene rings is 1. The number of nitrogens with two attached hydrogens (primary N) is 1. The molecule has 2 bridgehead atoms. The second kappa shape index (κ2) is 22.6. The number of ether oxygens (including phenoxy) is 1. The summed E-state index contributed by atoms with van der Waals surface area (Å²) in [6.45, 7) is 5.95. The van der Waals surface area contributed by atoms with Gasteiger partial charge >= 0.3 is 12.1 Å². The fourth-order valence-electron chi connectivity index (χ4n) is 9.91. The first kappa shape index (κ1) is 51.4. The number of imide groups is 1. The fourth-order valence-corrected chi connectivity index (χ4v) is 9.91. The van der Waals surface area contributed by atoms with E-state index in [-0.39, 0.29) is 61.6 Å². The van der Waals surface area contributed by atoms with Gasteiger partial charge in [0.15, 0.2) is 5.65 Å². The minimum Gasteiger partial charge on any atom is -0.445 e. The second-order valence-corrected chi connectivity index (χ2v) is 19.7.